The number of benzene rings is 2. The Morgan fingerprint density at radius 3 is 2.29 bits per heavy atom. The Morgan fingerprint density at radius 1 is 0.935 bits per heavy atom. The number of anilines is 1. The van der Waals surface area contributed by atoms with Gasteiger partial charge in [0.25, 0.3) is 0 Å². The topological polar surface area (TPSA) is 54.4 Å². The van der Waals surface area contributed by atoms with E-state index in [9.17, 15) is 5.11 Å². The van der Waals surface area contributed by atoms with E-state index < -0.39 is 6.10 Å². The van der Waals surface area contributed by atoms with Gasteiger partial charge in [-0.25, -0.2) is 0 Å². The zero-order valence-corrected chi connectivity index (χ0v) is 19.4. The Bertz CT molecular complexity index is 842. The van der Waals surface area contributed by atoms with Gasteiger partial charge in [-0.15, -0.1) is 0 Å². The van der Waals surface area contributed by atoms with Crippen LogP contribution in [-0.4, -0.2) is 69.7 Å². The molecule has 1 heterocycles. The van der Waals surface area contributed by atoms with E-state index in [0.29, 0.717) is 6.54 Å². The number of hydrogen-bond donors (Lipinski definition) is 1. The monoisotopic (exact) mass is 428 g/mol. The summed E-state index contributed by atoms with van der Waals surface area (Å²) in [5.74, 6) is 2.51. The summed E-state index contributed by atoms with van der Waals surface area (Å²) >= 11 is 0. The van der Waals surface area contributed by atoms with E-state index >= 15 is 0 Å². The molecule has 31 heavy (non-hydrogen) atoms. The molecule has 0 bridgehead atoms. The molecule has 0 aliphatic carbocycles. The second-order valence-electron chi connectivity index (χ2n) is 9.04. The molecule has 170 valence electrons. The van der Waals surface area contributed by atoms with E-state index in [2.05, 4.69) is 36.6 Å². The van der Waals surface area contributed by atoms with Crippen LogP contribution in [0.15, 0.2) is 42.5 Å². The third kappa shape index (κ3) is 6.05. The molecule has 6 nitrogen and oxygen atoms in total. The second-order valence-corrected chi connectivity index (χ2v) is 9.04. The summed E-state index contributed by atoms with van der Waals surface area (Å²) in [6.45, 7) is 10.9. The van der Waals surface area contributed by atoms with Crippen LogP contribution in [0.5, 0.6) is 17.2 Å². The minimum absolute atomic E-state index is 0.0797. The first-order valence-electron chi connectivity index (χ1n) is 10.9. The van der Waals surface area contributed by atoms with Crippen molar-refractivity contribution in [1.29, 1.82) is 0 Å². The van der Waals surface area contributed by atoms with Gasteiger partial charge in [0.15, 0.2) is 0 Å². The number of hydrogen-bond acceptors (Lipinski definition) is 6. The van der Waals surface area contributed by atoms with Gasteiger partial charge in [-0.2, -0.15) is 0 Å². The fourth-order valence-electron chi connectivity index (χ4n) is 3.95. The molecule has 6 heteroatoms. The summed E-state index contributed by atoms with van der Waals surface area (Å²) < 4.78 is 16.9. The molecule has 1 N–H and O–H groups in total. The highest BCUT2D eigenvalue weighted by molar-refractivity contribution is 5.58. The maximum Gasteiger partial charge on any atom is 0.142 e. The Balaban J connectivity index is 1.52. The van der Waals surface area contributed by atoms with Crippen molar-refractivity contribution in [2.75, 3.05) is 58.5 Å². The first-order valence-corrected chi connectivity index (χ1v) is 10.9. The largest absolute Gasteiger partial charge is 0.497 e. The Hall–Kier alpha value is -2.44. The van der Waals surface area contributed by atoms with E-state index in [1.54, 1.807) is 14.2 Å². The van der Waals surface area contributed by atoms with Crippen molar-refractivity contribution in [3.8, 4) is 17.2 Å². The predicted octanol–water partition coefficient (Wildman–Crippen LogP) is 3.56. The normalized spacial score (nSPS) is 16.1. The predicted molar refractivity (Wildman–Crippen MR) is 125 cm³/mol. The molecular weight excluding hydrogens is 392 g/mol. The Labute approximate surface area is 186 Å². The maximum atomic E-state index is 10.6. The smallest absolute Gasteiger partial charge is 0.142 e. The van der Waals surface area contributed by atoms with E-state index in [1.807, 2.05) is 36.4 Å². The number of ether oxygens (including phenoxy) is 3. The molecule has 0 amide bonds. The lowest BCUT2D eigenvalue weighted by molar-refractivity contribution is 0.0656. The van der Waals surface area contributed by atoms with Crippen LogP contribution in [0, 0.1) is 0 Å². The molecule has 0 radical (unpaired) electrons. The lowest BCUT2D eigenvalue weighted by Gasteiger charge is -2.37. The molecule has 1 aliphatic heterocycles. The number of aliphatic hydroxyl groups is 1. The molecule has 1 aliphatic rings. The number of nitrogens with zero attached hydrogens (tertiary/aromatic N) is 2. The number of β-amino-alcohol motifs (C(OH)–C–C–N with tert-alkyl or cyclic N) is 1. The quantitative estimate of drug-likeness (QED) is 0.694. The van der Waals surface area contributed by atoms with Crippen LogP contribution in [0.2, 0.25) is 0 Å². The molecule has 1 atom stereocenters. The molecule has 0 saturated carbocycles. The molecule has 0 spiro atoms. The minimum atomic E-state index is -0.548. The molecule has 1 saturated heterocycles. The third-order valence-electron chi connectivity index (χ3n) is 5.69. The fourth-order valence-corrected chi connectivity index (χ4v) is 3.95. The summed E-state index contributed by atoms with van der Waals surface area (Å²) in [5, 5.41) is 10.6. The molecular formula is C25H36N2O4. The van der Waals surface area contributed by atoms with Crippen LogP contribution in [-0.2, 0) is 5.41 Å². The van der Waals surface area contributed by atoms with Crippen molar-refractivity contribution in [2.24, 2.45) is 0 Å². The first-order chi connectivity index (χ1) is 14.8. The zero-order chi connectivity index (χ0) is 22.4. The van der Waals surface area contributed by atoms with Gasteiger partial charge in [0.1, 0.15) is 30.0 Å². The fraction of sp³-hybridized carbons (Fsp3) is 0.520. The summed E-state index contributed by atoms with van der Waals surface area (Å²) in [6.07, 6.45) is -0.548. The molecule has 1 fully saturated rings. The minimum Gasteiger partial charge on any atom is -0.497 e. The summed E-state index contributed by atoms with van der Waals surface area (Å²) in [5.41, 5.74) is 2.12. The van der Waals surface area contributed by atoms with Gasteiger partial charge in [0.05, 0.1) is 19.9 Å². The molecule has 2 aromatic rings. The molecule has 3 rings (SSSR count). The highest BCUT2D eigenvalue weighted by Crippen LogP contribution is 2.34. The number of para-hydroxylation sites is 2. The van der Waals surface area contributed by atoms with Crippen LogP contribution >= 0.6 is 0 Å². The summed E-state index contributed by atoms with van der Waals surface area (Å²) in [7, 11) is 3.37. The average molecular weight is 429 g/mol. The highest BCUT2D eigenvalue weighted by atomic mass is 16.5. The van der Waals surface area contributed by atoms with Crippen molar-refractivity contribution < 1.29 is 19.3 Å². The number of aliphatic hydroxyl groups excluding tert-OH is 1. The average Bonchev–Trinajstić information content (AvgIpc) is 2.77. The van der Waals surface area contributed by atoms with Crippen molar-refractivity contribution >= 4 is 5.69 Å². The van der Waals surface area contributed by atoms with E-state index in [4.69, 9.17) is 14.2 Å². The molecule has 1 unspecified atom stereocenters. The zero-order valence-electron chi connectivity index (χ0n) is 19.4. The SMILES string of the molecule is COc1ccc(OCC(O)CN2CCN(c3ccccc3OC)CC2)c(C(C)(C)C)c1. The van der Waals surface area contributed by atoms with Crippen LogP contribution in [0.1, 0.15) is 26.3 Å². The van der Waals surface area contributed by atoms with Crippen LogP contribution in [0.25, 0.3) is 0 Å². The van der Waals surface area contributed by atoms with Crippen LogP contribution < -0.4 is 19.1 Å². The van der Waals surface area contributed by atoms with E-state index in [1.165, 1.54) is 0 Å². The molecule has 0 aromatic heterocycles. The van der Waals surface area contributed by atoms with Gasteiger partial charge in [-0.3, -0.25) is 4.90 Å². The first kappa shape index (κ1) is 23.2. The van der Waals surface area contributed by atoms with Crippen molar-refractivity contribution in [1.82, 2.24) is 4.90 Å². The molecule has 2 aromatic carbocycles. The van der Waals surface area contributed by atoms with Gasteiger partial charge in [-0.1, -0.05) is 32.9 Å². The number of rotatable bonds is 8. The van der Waals surface area contributed by atoms with Crippen molar-refractivity contribution in [3.63, 3.8) is 0 Å². The van der Waals surface area contributed by atoms with Gasteiger partial charge in [0, 0.05) is 38.3 Å². The standard InChI is InChI=1S/C25H36N2O4/c1-25(2,3)21-16-20(29-4)10-11-23(21)31-18-19(28)17-26-12-14-27(15-13-26)22-8-6-7-9-24(22)30-5/h6-11,16,19,28H,12-15,17-18H2,1-5H3. The lowest BCUT2D eigenvalue weighted by Crippen LogP contribution is -2.49. The second kappa shape index (κ2) is 10.2. The number of methoxy groups -OCH3 is 2. The Kier molecular flexibility index (Phi) is 7.68. The van der Waals surface area contributed by atoms with Crippen molar-refractivity contribution in [3.05, 3.63) is 48.0 Å². The van der Waals surface area contributed by atoms with E-state index in [-0.39, 0.29) is 12.0 Å². The Morgan fingerprint density at radius 2 is 1.65 bits per heavy atom. The number of piperazine rings is 1. The van der Waals surface area contributed by atoms with E-state index in [0.717, 1.165) is 54.7 Å². The third-order valence-corrected chi connectivity index (χ3v) is 5.69. The van der Waals surface area contributed by atoms with Gasteiger partial charge in [0.2, 0.25) is 0 Å². The summed E-state index contributed by atoms with van der Waals surface area (Å²) in [6, 6.07) is 14.0. The summed E-state index contributed by atoms with van der Waals surface area (Å²) in [4.78, 5) is 4.63. The van der Waals surface area contributed by atoms with Gasteiger partial charge in [-0.05, 0) is 35.7 Å². The van der Waals surface area contributed by atoms with Gasteiger partial charge >= 0.3 is 0 Å². The van der Waals surface area contributed by atoms with Crippen LogP contribution in [0.3, 0.4) is 0 Å². The van der Waals surface area contributed by atoms with Crippen molar-refractivity contribution in [2.45, 2.75) is 32.3 Å². The van der Waals surface area contributed by atoms with Gasteiger partial charge < -0.3 is 24.2 Å². The van der Waals surface area contributed by atoms with Crippen LogP contribution in [0.4, 0.5) is 5.69 Å². The lowest BCUT2D eigenvalue weighted by atomic mass is 9.86. The maximum absolute atomic E-state index is 10.6. The highest BCUT2D eigenvalue weighted by Gasteiger charge is 2.23.